The summed E-state index contributed by atoms with van der Waals surface area (Å²) in [5.74, 6) is -0.876. The molecule has 0 aromatic carbocycles. The number of carbonyl (C=O) groups is 2. The second-order valence-corrected chi connectivity index (χ2v) is 9.29. The maximum atomic E-state index is 13.4. The van der Waals surface area contributed by atoms with Gasteiger partial charge >= 0.3 is 0 Å². The Labute approximate surface area is 197 Å². The number of amides is 2. The zero-order valence-corrected chi connectivity index (χ0v) is 20.0. The fourth-order valence-corrected chi connectivity index (χ4v) is 4.12. The Kier molecular flexibility index (Phi) is 6.65. The predicted molar refractivity (Wildman–Crippen MR) is 127 cm³/mol. The van der Waals surface area contributed by atoms with Gasteiger partial charge in [0.15, 0.2) is 17.0 Å². The molecule has 2 aromatic rings. The second kappa shape index (κ2) is 9.49. The number of aromatic hydroxyl groups is 1. The number of nitrogens with one attached hydrogen (secondary N) is 2. The van der Waals surface area contributed by atoms with E-state index in [0.717, 1.165) is 12.8 Å². The monoisotopic (exact) mass is 472 g/mol. The van der Waals surface area contributed by atoms with Gasteiger partial charge in [0.2, 0.25) is 11.8 Å². The Balaban J connectivity index is 1.84. The molecular formula is C23H32N6O5. The van der Waals surface area contributed by atoms with E-state index in [-0.39, 0.29) is 29.5 Å². The van der Waals surface area contributed by atoms with Crippen LogP contribution in [0.4, 0.5) is 5.82 Å². The zero-order valence-electron chi connectivity index (χ0n) is 20.0. The molecule has 2 fully saturated rings. The number of rotatable bonds is 7. The molecule has 1 aliphatic heterocycles. The molecule has 2 aromatic heterocycles. The van der Waals surface area contributed by atoms with E-state index in [1.54, 1.807) is 18.0 Å². The van der Waals surface area contributed by atoms with Gasteiger partial charge in [-0.1, -0.05) is 13.8 Å². The molecular weight excluding hydrogens is 440 g/mol. The molecule has 184 valence electrons. The van der Waals surface area contributed by atoms with E-state index < -0.39 is 17.3 Å². The van der Waals surface area contributed by atoms with Crippen LogP contribution in [0.3, 0.4) is 0 Å². The molecule has 1 aliphatic carbocycles. The molecule has 11 nitrogen and oxygen atoms in total. The van der Waals surface area contributed by atoms with Crippen LogP contribution in [0.5, 0.6) is 5.88 Å². The highest BCUT2D eigenvalue weighted by Gasteiger charge is 2.31. The van der Waals surface area contributed by atoms with E-state index in [1.807, 2.05) is 20.8 Å². The van der Waals surface area contributed by atoms with Crippen molar-refractivity contribution in [2.45, 2.75) is 52.2 Å². The van der Waals surface area contributed by atoms with Crippen LogP contribution in [0.1, 0.15) is 49.5 Å². The van der Waals surface area contributed by atoms with Crippen molar-refractivity contribution in [2.24, 2.45) is 5.92 Å². The molecule has 34 heavy (non-hydrogen) atoms. The van der Waals surface area contributed by atoms with Gasteiger partial charge in [0, 0.05) is 32.3 Å². The minimum Gasteiger partial charge on any atom is -0.492 e. The topological polar surface area (TPSA) is 130 Å². The highest BCUT2D eigenvalue weighted by Crippen LogP contribution is 2.28. The Morgan fingerprint density at radius 1 is 1.32 bits per heavy atom. The van der Waals surface area contributed by atoms with Crippen molar-refractivity contribution < 1.29 is 19.4 Å². The van der Waals surface area contributed by atoms with Crippen LogP contribution in [0.15, 0.2) is 10.9 Å². The first-order chi connectivity index (χ1) is 16.2. The molecule has 2 aliphatic rings. The molecule has 0 bridgehead atoms. The minimum atomic E-state index is -0.612. The first-order valence-electron chi connectivity index (χ1n) is 11.7. The summed E-state index contributed by atoms with van der Waals surface area (Å²) in [6.45, 7) is 7.59. The third-order valence-electron chi connectivity index (χ3n) is 6.00. The first-order valence-corrected chi connectivity index (χ1v) is 11.7. The van der Waals surface area contributed by atoms with Crippen LogP contribution in [-0.2, 0) is 16.1 Å². The Bertz CT molecular complexity index is 1190. The molecule has 0 spiro atoms. The lowest BCUT2D eigenvalue weighted by atomic mass is 10.2. The summed E-state index contributed by atoms with van der Waals surface area (Å²) in [5.41, 5.74) is -0.150. The number of anilines is 1. The molecule has 0 radical (unpaired) electrons. The van der Waals surface area contributed by atoms with E-state index in [4.69, 9.17) is 4.74 Å². The molecule has 11 heteroatoms. The van der Waals surface area contributed by atoms with Gasteiger partial charge in [-0.25, -0.2) is 0 Å². The maximum Gasteiger partial charge on any atom is 0.270 e. The highest BCUT2D eigenvalue weighted by atomic mass is 16.5. The number of aromatic nitrogens is 3. The van der Waals surface area contributed by atoms with Gasteiger partial charge in [-0.3, -0.25) is 19.0 Å². The van der Waals surface area contributed by atoms with Crippen molar-refractivity contribution >= 4 is 29.4 Å². The Morgan fingerprint density at radius 3 is 2.68 bits per heavy atom. The van der Waals surface area contributed by atoms with E-state index in [1.165, 1.54) is 15.2 Å². The summed E-state index contributed by atoms with van der Waals surface area (Å²) < 4.78 is 8.04. The SMILES string of the molecule is CNc1nn2c(O)c(C(=O)NC3CC3)c(=O)n(CC(C)C)c2c1/C=C/C(=O)N1CCOC[C@@H]1C. The maximum absolute atomic E-state index is 13.4. The lowest BCUT2D eigenvalue weighted by Gasteiger charge is -2.32. The normalized spacial score (nSPS) is 18.7. The van der Waals surface area contributed by atoms with Crippen LogP contribution in [0.25, 0.3) is 11.7 Å². The van der Waals surface area contributed by atoms with Crippen molar-refractivity contribution in [3.8, 4) is 5.88 Å². The molecule has 1 atom stereocenters. The highest BCUT2D eigenvalue weighted by molar-refractivity contribution is 5.98. The smallest absolute Gasteiger partial charge is 0.270 e. The van der Waals surface area contributed by atoms with Gasteiger partial charge in [-0.15, -0.1) is 5.10 Å². The molecule has 0 unspecified atom stereocenters. The number of carbonyl (C=O) groups excluding carboxylic acids is 2. The van der Waals surface area contributed by atoms with E-state index >= 15 is 0 Å². The average Bonchev–Trinajstić information content (AvgIpc) is 3.52. The Hall–Kier alpha value is -3.34. The van der Waals surface area contributed by atoms with Crippen molar-refractivity contribution in [2.75, 3.05) is 32.1 Å². The lowest BCUT2D eigenvalue weighted by molar-refractivity contribution is -0.133. The van der Waals surface area contributed by atoms with Gasteiger partial charge in [-0.2, -0.15) is 4.52 Å². The third-order valence-corrected chi connectivity index (χ3v) is 6.00. The van der Waals surface area contributed by atoms with Gasteiger partial charge in [0.05, 0.1) is 24.8 Å². The quantitative estimate of drug-likeness (QED) is 0.514. The summed E-state index contributed by atoms with van der Waals surface area (Å²) in [5, 5.41) is 21.1. The van der Waals surface area contributed by atoms with E-state index in [2.05, 4.69) is 15.7 Å². The van der Waals surface area contributed by atoms with Gasteiger partial charge < -0.3 is 25.4 Å². The van der Waals surface area contributed by atoms with E-state index in [0.29, 0.717) is 43.3 Å². The standard InChI is InChI=1S/C23H32N6O5/c1-13(2)11-28-21-16(7-8-17(30)27-9-10-34-12-14(27)3)19(24-4)26-29(21)23(33)18(22(28)32)20(31)25-15-5-6-15/h7-8,13-15,33H,5-6,9-12H2,1-4H3,(H,24,26)(H,25,31)/b8-7+/t14-/m0/s1. The van der Waals surface area contributed by atoms with Crippen LogP contribution in [0, 0.1) is 5.92 Å². The van der Waals surface area contributed by atoms with Gasteiger partial charge in [0.25, 0.3) is 11.5 Å². The van der Waals surface area contributed by atoms with Crippen molar-refractivity contribution in [3.63, 3.8) is 0 Å². The lowest BCUT2D eigenvalue weighted by Crippen LogP contribution is -2.46. The summed E-state index contributed by atoms with van der Waals surface area (Å²) in [4.78, 5) is 40.8. The Morgan fingerprint density at radius 2 is 2.06 bits per heavy atom. The van der Waals surface area contributed by atoms with Crippen molar-refractivity contribution in [3.05, 3.63) is 27.6 Å². The molecule has 2 amide bonds. The number of morpholine rings is 1. The van der Waals surface area contributed by atoms with Crippen LogP contribution < -0.4 is 16.2 Å². The number of nitrogens with zero attached hydrogens (tertiary/aromatic N) is 4. The second-order valence-electron chi connectivity index (χ2n) is 9.29. The van der Waals surface area contributed by atoms with Crippen LogP contribution in [0.2, 0.25) is 0 Å². The average molecular weight is 473 g/mol. The molecule has 3 heterocycles. The molecule has 3 N–H and O–H groups in total. The first kappa shape index (κ1) is 23.8. The fraction of sp³-hybridized carbons (Fsp3) is 0.565. The fourth-order valence-electron chi connectivity index (χ4n) is 4.12. The van der Waals surface area contributed by atoms with Crippen LogP contribution in [-0.4, -0.2) is 74.9 Å². The van der Waals surface area contributed by atoms with Gasteiger partial charge in [-0.05, 0) is 31.8 Å². The molecule has 1 saturated heterocycles. The number of hydrogen-bond donors (Lipinski definition) is 3. The summed E-state index contributed by atoms with van der Waals surface area (Å²) >= 11 is 0. The predicted octanol–water partition coefficient (Wildman–Crippen LogP) is 1.05. The number of fused-ring (bicyclic) bond motifs is 1. The van der Waals surface area contributed by atoms with Crippen LogP contribution >= 0.6 is 0 Å². The molecule has 4 rings (SSSR count). The van der Waals surface area contributed by atoms with Crippen molar-refractivity contribution in [1.82, 2.24) is 24.4 Å². The largest absolute Gasteiger partial charge is 0.492 e. The summed E-state index contributed by atoms with van der Waals surface area (Å²) in [6.07, 6.45) is 4.74. The van der Waals surface area contributed by atoms with Gasteiger partial charge in [0.1, 0.15) is 0 Å². The molecule has 1 saturated carbocycles. The zero-order chi connectivity index (χ0) is 24.6. The number of hydrogen-bond acceptors (Lipinski definition) is 7. The number of ether oxygens (including phenoxy) is 1. The summed E-state index contributed by atoms with van der Waals surface area (Å²) in [6, 6.07) is -0.0209. The van der Waals surface area contributed by atoms with Crippen molar-refractivity contribution in [1.29, 1.82) is 0 Å². The van der Waals surface area contributed by atoms with E-state index in [9.17, 15) is 19.5 Å². The summed E-state index contributed by atoms with van der Waals surface area (Å²) in [7, 11) is 1.66. The minimum absolute atomic E-state index is 0.0260. The third kappa shape index (κ3) is 4.52.